The zero-order valence-corrected chi connectivity index (χ0v) is 21.5. The Labute approximate surface area is 231 Å². The van der Waals surface area contributed by atoms with E-state index in [1.807, 2.05) is 0 Å². The molecule has 3 heterocycles. The van der Waals surface area contributed by atoms with Crippen LogP contribution in [0, 0.1) is 5.82 Å². The second-order valence-electron chi connectivity index (χ2n) is 9.56. The van der Waals surface area contributed by atoms with E-state index in [2.05, 4.69) is 25.8 Å². The van der Waals surface area contributed by atoms with Crippen LogP contribution in [-0.2, 0) is 6.18 Å². The Morgan fingerprint density at radius 2 is 1.76 bits per heavy atom. The predicted octanol–water partition coefficient (Wildman–Crippen LogP) is 5.88. The molecule has 1 aliphatic rings. The number of amides is 3. The number of hydrogen-bond acceptors (Lipinski definition) is 5. The number of nitrogens with zero attached hydrogens (tertiary/aromatic N) is 3. The van der Waals surface area contributed by atoms with E-state index in [1.54, 1.807) is 41.3 Å². The molecule has 1 unspecified atom stereocenters. The molecule has 13 heteroatoms. The Balaban J connectivity index is 1.28. The van der Waals surface area contributed by atoms with Crippen LogP contribution >= 0.6 is 0 Å². The molecule has 212 valence electrons. The summed E-state index contributed by atoms with van der Waals surface area (Å²) in [6.45, 7) is 1.09. The molecule has 0 spiro atoms. The lowest BCUT2D eigenvalue weighted by Gasteiger charge is -2.33. The van der Waals surface area contributed by atoms with Gasteiger partial charge in [0.1, 0.15) is 34.4 Å². The largest absolute Gasteiger partial charge is 0.433 e. The predicted molar refractivity (Wildman–Crippen MR) is 144 cm³/mol. The van der Waals surface area contributed by atoms with Crippen molar-refractivity contribution in [1.82, 2.24) is 20.1 Å². The maximum Gasteiger partial charge on any atom is 0.433 e. The van der Waals surface area contributed by atoms with Gasteiger partial charge in [0.25, 0.3) is 5.91 Å². The van der Waals surface area contributed by atoms with Crippen molar-refractivity contribution >= 4 is 29.3 Å². The molecule has 0 saturated carbocycles. The van der Waals surface area contributed by atoms with Gasteiger partial charge in [-0.3, -0.25) is 9.89 Å². The third kappa shape index (κ3) is 6.29. The number of nitrogens with two attached hydrogens (primary N) is 1. The highest BCUT2D eigenvalue weighted by Crippen LogP contribution is 2.32. The first kappa shape index (κ1) is 27.6. The zero-order valence-electron chi connectivity index (χ0n) is 21.5. The van der Waals surface area contributed by atoms with Gasteiger partial charge in [-0.05, 0) is 54.8 Å². The number of benzene rings is 2. The van der Waals surface area contributed by atoms with Crippen LogP contribution in [0.1, 0.15) is 40.4 Å². The highest BCUT2D eigenvalue weighted by molar-refractivity contribution is 6.04. The van der Waals surface area contributed by atoms with Gasteiger partial charge in [0.15, 0.2) is 0 Å². The Kier molecular flexibility index (Phi) is 7.60. The van der Waals surface area contributed by atoms with Crippen molar-refractivity contribution in [3.8, 4) is 11.3 Å². The van der Waals surface area contributed by atoms with Gasteiger partial charge in [-0.2, -0.15) is 18.3 Å². The summed E-state index contributed by atoms with van der Waals surface area (Å²) in [5.41, 5.74) is 6.53. The molecule has 9 nitrogen and oxygen atoms in total. The molecule has 1 fully saturated rings. The van der Waals surface area contributed by atoms with E-state index in [4.69, 9.17) is 5.73 Å². The topological polar surface area (TPSA) is 129 Å². The summed E-state index contributed by atoms with van der Waals surface area (Å²) < 4.78 is 52.4. The van der Waals surface area contributed by atoms with E-state index >= 15 is 0 Å². The van der Waals surface area contributed by atoms with E-state index in [0.29, 0.717) is 24.3 Å². The lowest BCUT2D eigenvalue weighted by molar-refractivity contribution is -0.141. The molecule has 3 amide bonds. The van der Waals surface area contributed by atoms with Crippen molar-refractivity contribution in [3.05, 3.63) is 89.4 Å². The molecule has 2 aromatic heterocycles. The highest BCUT2D eigenvalue weighted by Gasteiger charge is 2.32. The molecular weight excluding hydrogens is 542 g/mol. The smallest absolute Gasteiger partial charge is 0.365 e. The van der Waals surface area contributed by atoms with Gasteiger partial charge in [0.2, 0.25) is 0 Å². The number of carbonyl (C=O) groups is 2. The van der Waals surface area contributed by atoms with Crippen molar-refractivity contribution in [2.75, 3.05) is 23.7 Å². The number of nitrogens with one attached hydrogen (secondary N) is 3. The van der Waals surface area contributed by atoms with Crippen LogP contribution in [0.5, 0.6) is 0 Å². The molecule has 0 aliphatic carbocycles. The molecule has 5 rings (SSSR count). The summed E-state index contributed by atoms with van der Waals surface area (Å²) in [5, 5.41) is 12.2. The summed E-state index contributed by atoms with van der Waals surface area (Å²) in [7, 11) is 0. The number of halogens is 4. The molecule has 0 radical (unpaired) electrons. The molecule has 2 aromatic carbocycles. The van der Waals surface area contributed by atoms with Gasteiger partial charge in [-0.1, -0.05) is 30.3 Å². The minimum atomic E-state index is -4.64. The number of aromatic nitrogens is 3. The number of carbonyl (C=O) groups excluding carboxylic acids is 2. The standard InChI is InChI=1S/C28H25F4N7O2/c29-19-10-6-16(7-11-19)18-3-2-14-39(15-18)27(41)34-20-12-8-17(9-13-20)24-23(25(33)40)26(38-37-24)36-22-5-1-4-21(35-22)28(30,31)32/h1,4-13,18H,2-3,14-15H2,(H2,33,40)(H,34,41)(H2,35,36,37,38). The molecule has 4 aromatic rings. The fraction of sp³-hybridized carbons (Fsp3) is 0.214. The third-order valence-electron chi connectivity index (χ3n) is 6.76. The highest BCUT2D eigenvalue weighted by atomic mass is 19.4. The summed E-state index contributed by atoms with van der Waals surface area (Å²) in [4.78, 5) is 30.5. The summed E-state index contributed by atoms with van der Waals surface area (Å²) >= 11 is 0. The van der Waals surface area contributed by atoms with Crippen LogP contribution in [0.2, 0.25) is 0 Å². The zero-order chi connectivity index (χ0) is 29.1. The molecule has 5 N–H and O–H groups in total. The maximum atomic E-state index is 13.3. The second kappa shape index (κ2) is 11.3. The van der Waals surface area contributed by atoms with Gasteiger partial charge in [0, 0.05) is 30.3 Å². The van der Waals surface area contributed by atoms with Crippen molar-refractivity contribution < 1.29 is 27.2 Å². The Hall–Kier alpha value is -4.94. The van der Waals surface area contributed by atoms with Crippen molar-refractivity contribution in [1.29, 1.82) is 0 Å². The van der Waals surface area contributed by atoms with Crippen LogP contribution in [0.25, 0.3) is 11.3 Å². The number of primary amides is 1. The quantitative estimate of drug-likeness (QED) is 0.216. The van der Waals surface area contributed by atoms with E-state index < -0.39 is 17.8 Å². The average molecular weight is 568 g/mol. The number of piperidine rings is 1. The Morgan fingerprint density at radius 1 is 1.02 bits per heavy atom. The van der Waals surface area contributed by atoms with Crippen LogP contribution in [0.3, 0.4) is 0 Å². The normalized spacial score (nSPS) is 15.4. The van der Waals surface area contributed by atoms with Crippen LogP contribution < -0.4 is 16.4 Å². The van der Waals surface area contributed by atoms with Gasteiger partial charge in [-0.15, -0.1) is 0 Å². The summed E-state index contributed by atoms with van der Waals surface area (Å²) in [6.07, 6.45) is -2.93. The van der Waals surface area contributed by atoms with Crippen molar-refractivity contribution in [2.45, 2.75) is 24.9 Å². The van der Waals surface area contributed by atoms with Crippen LogP contribution in [0.4, 0.5) is 39.7 Å². The fourth-order valence-electron chi connectivity index (χ4n) is 4.75. The Bertz CT molecular complexity index is 1550. The number of H-pyrrole nitrogens is 1. The number of pyridine rings is 1. The number of urea groups is 1. The molecule has 1 aliphatic heterocycles. The van der Waals surface area contributed by atoms with Crippen LogP contribution in [0.15, 0.2) is 66.7 Å². The number of anilines is 3. The van der Waals surface area contributed by atoms with Gasteiger partial charge in [-0.25, -0.2) is 14.2 Å². The Morgan fingerprint density at radius 3 is 2.44 bits per heavy atom. The van der Waals surface area contributed by atoms with E-state index in [0.717, 1.165) is 24.5 Å². The lowest BCUT2D eigenvalue weighted by Crippen LogP contribution is -2.41. The summed E-state index contributed by atoms with van der Waals surface area (Å²) in [5.74, 6) is -1.23. The second-order valence-corrected chi connectivity index (χ2v) is 9.56. The average Bonchev–Trinajstić information content (AvgIpc) is 3.37. The molecule has 1 atom stereocenters. The van der Waals surface area contributed by atoms with Gasteiger partial charge < -0.3 is 21.3 Å². The number of alkyl halides is 3. The molecular formula is C28H25F4N7O2. The first-order valence-electron chi connectivity index (χ1n) is 12.7. The maximum absolute atomic E-state index is 13.3. The fourth-order valence-corrected chi connectivity index (χ4v) is 4.75. The number of likely N-dealkylation sites (tertiary alicyclic amines) is 1. The molecule has 0 bridgehead atoms. The van der Waals surface area contributed by atoms with E-state index in [9.17, 15) is 27.2 Å². The van der Waals surface area contributed by atoms with E-state index in [1.165, 1.54) is 24.3 Å². The number of rotatable bonds is 6. The molecule has 1 saturated heterocycles. The van der Waals surface area contributed by atoms with Crippen molar-refractivity contribution in [3.63, 3.8) is 0 Å². The number of hydrogen-bond donors (Lipinski definition) is 4. The monoisotopic (exact) mass is 567 g/mol. The van der Waals surface area contributed by atoms with Crippen LogP contribution in [-0.4, -0.2) is 45.1 Å². The van der Waals surface area contributed by atoms with Gasteiger partial charge in [0.05, 0.1) is 0 Å². The third-order valence-corrected chi connectivity index (χ3v) is 6.76. The lowest BCUT2D eigenvalue weighted by atomic mass is 9.91. The first-order chi connectivity index (χ1) is 19.6. The summed E-state index contributed by atoms with van der Waals surface area (Å²) in [6, 6.07) is 15.9. The van der Waals surface area contributed by atoms with Gasteiger partial charge >= 0.3 is 12.2 Å². The van der Waals surface area contributed by atoms with Crippen molar-refractivity contribution in [2.24, 2.45) is 5.73 Å². The minimum Gasteiger partial charge on any atom is -0.365 e. The first-order valence-corrected chi connectivity index (χ1v) is 12.7. The van der Waals surface area contributed by atoms with E-state index in [-0.39, 0.29) is 40.7 Å². The molecule has 41 heavy (non-hydrogen) atoms. The SMILES string of the molecule is NC(=O)c1c(-c2ccc(NC(=O)N3CCCC(c4ccc(F)cc4)C3)cc2)n[nH]c1Nc1cccc(C(F)(F)F)n1. The minimum absolute atomic E-state index is 0.0162. The number of aromatic amines is 1.